The molecule has 0 bridgehead atoms. The van der Waals surface area contributed by atoms with E-state index in [4.69, 9.17) is 0 Å². The van der Waals surface area contributed by atoms with Crippen molar-refractivity contribution in [2.45, 2.75) is 31.8 Å². The van der Waals surface area contributed by atoms with Crippen molar-refractivity contribution in [2.75, 3.05) is 6.54 Å². The maximum absolute atomic E-state index is 12.9. The molecular formula is C19H19N5O3S. The van der Waals surface area contributed by atoms with Gasteiger partial charge in [0.15, 0.2) is 0 Å². The molecule has 0 aromatic carbocycles. The Kier molecular flexibility index (Phi) is 5.16. The smallest absolute Gasteiger partial charge is 0.331 e. The largest absolute Gasteiger partial charge is 0.347 e. The highest BCUT2D eigenvalue weighted by molar-refractivity contribution is 7.08. The summed E-state index contributed by atoms with van der Waals surface area (Å²) in [7, 11) is 0. The highest BCUT2D eigenvalue weighted by atomic mass is 32.1. The minimum absolute atomic E-state index is 0.0857. The van der Waals surface area contributed by atoms with E-state index >= 15 is 0 Å². The van der Waals surface area contributed by atoms with E-state index in [0.717, 1.165) is 18.4 Å². The number of likely N-dealkylation sites (tertiary alicyclic amines) is 1. The van der Waals surface area contributed by atoms with E-state index in [-0.39, 0.29) is 24.1 Å². The lowest BCUT2D eigenvalue weighted by molar-refractivity contribution is -0.136. The van der Waals surface area contributed by atoms with Crippen LogP contribution in [0.25, 0.3) is 11.3 Å². The fourth-order valence-corrected chi connectivity index (χ4v) is 4.10. The van der Waals surface area contributed by atoms with Gasteiger partial charge < -0.3 is 9.88 Å². The summed E-state index contributed by atoms with van der Waals surface area (Å²) in [5, 5.41) is 3.87. The van der Waals surface area contributed by atoms with Crippen LogP contribution in [0.1, 0.15) is 31.1 Å². The molecule has 0 radical (unpaired) electrons. The van der Waals surface area contributed by atoms with Crippen LogP contribution in [0.3, 0.4) is 0 Å². The number of hydrogen-bond acceptors (Lipinski definition) is 6. The lowest BCUT2D eigenvalue weighted by atomic mass is 10.0. The second kappa shape index (κ2) is 7.89. The molecule has 1 aliphatic heterocycles. The van der Waals surface area contributed by atoms with Crippen LogP contribution in [0, 0.1) is 0 Å². The average molecular weight is 397 g/mol. The van der Waals surface area contributed by atoms with Gasteiger partial charge in [0.25, 0.3) is 5.56 Å². The van der Waals surface area contributed by atoms with Crippen LogP contribution in [0.5, 0.6) is 0 Å². The molecule has 144 valence electrons. The minimum Gasteiger partial charge on any atom is -0.331 e. The van der Waals surface area contributed by atoms with Crippen molar-refractivity contribution in [1.29, 1.82) is 0 Å². The van der Waals surface area contributed by atoms with Crippen LogP contribution < -0.4 is 11.2 Å². The third kappa shape index (κ3) is 3.79. The topological polar surface area (TPSA) is 101 Å². The molecule has 28 heavy (non-hydrogen) atoms. The summed E-state index contributed by atoms with van der Waals surface area (Å²) in [5.41, 5.74) is 0.775. The first-order valence-corrected chi connectivity index (χ1v) is 10.0. The molecular weight excluding hydrogens is 378 g/mol. The molecule has 1 N–H and O–H groups in total. The monoisotopic (exact) mass is 397 g/mol. The zero-order valence-electron chi connectivity index (χ0n) is 15.1. The van der Waals surface area contributed by atoms with Crippen LogP contribution in [-0.4, -0.2) is 36.9 Å². The molecule has 1 atom stereocenters. The molecule has 8 nitrogen and oxygen atoms in total. The third-order valence-corrected chi connectivity index (χ3v) is 5.49. The van der Waals surface area contributed by atoms with E-state index in [2.05, 4.69) is 15.0 Å². The Morgan fingerprint density at radius 3 is 3.00 bits per heavy atom. The number of H-pyrrole nitrogens is 1. The third-order valence-electron chi connectivity index (χ3n) is 4.80. The van der Waals surface area contributed by atoms with Gasteiger partial charge in [-0.1, -0.05) is 0 Å². The molecule has 3 aromatic heterocycles. The van der Waals surface area contributed by atoms with Crippen molar-refractivity contribution in [3.63, 3.8) is 0 Å². The summed E-state index contributed by atoms with van der Waals surface area (Å²) < 4.78 is 1.28. The molecule has 0 spiro atoms. The first-order valence-electron chi connectivity index (χ1n) is 9.06. The van der Waals surface area contributed by atoms with E-state index in [1.165, 1.54) is 28.2 Å². The zero-order chi connectivity index (χ0) is 19.5. The quantitative estimate of drug-likeness (QED) is 0.724. The lowest BCUT2D eigenvalue weighted by Gasteiger charge is -2.35. The summed E-state index contributed by atoms with van der Waals surface area (Å²) in [5.74, 6) is 0.295. The number of carbonyl (C=O) groups is 1. The molecule has 1 saturated heterocycles. The predicted octanol–water partition coefficient (Wildman–Crippen LogP) is 1.81. The molecule has 1 amide bonds. The fraction of sp³-hybridized carbons (Fsp3) is 0.316. The van der Waals surface area contributed by atoms with Crippen molar-refractivity contribution < 1.29 is 4.79 Å². The Labute approximate surface area is 164 Å². The van der Waals surface area contributed by atoms with Crippen LogP contribution >= 0.6 is 11.3 Å². The van der Waals surface area contributed by atoms with E-state index in [0.29, 0.717) is 24.5 Å². The fourth-order valence-electron chi connectivity index (χ4n) is 3.45. The van der Waals surface area contributed by atoms with E-state index in [9.17, 15) is 14.4 Å². The van der Waals surface area contributed by atoms with Gasteiger partial charge in [-0.2, -0.15) is 11.3 Å². The van der Waals surface area contributed by atoms with Crippen molar-refractivity contribution >= 4 is 17.2 Å². The number of aromatic nitrogens is 4. The maximum Gasteiger partial charge on any atom is 0.347 e. The summed E-state index contributed by atoms with van der Waals surface area (Å²) >= 11 is 1.53. The van der Waals surface area contributed by atoms with Crippen molar-refractivity contribution in [2.24, 2.45) is 0 Å². The number of aromatic amines is 1. The average Bonchev–Trinajstić information content (AvgIpc) is 3.24. The van der Waals surface area contributed by atoms with Crippen molar-refractivity contribution in [3.05, 3.63) is 68.0 Å². The van der Waals surface area contributed by atoms with Gasteiger partial charge in [0.2, 0.25) is 5.91 Å². The number of nitrogens with zero attached hydrogens (tertiary/aromatic N) is 4. The van der Waals surface area contributed by atoms with Crippen LogP contribution in [0.15, 0.2) is 50.9 Å². The molecule has 4 heterocycles. The highest BCUT2D eigenvalue weighted by Gasteiger charge is 2.30. The van der Waals surface area contributed by atoms with E-state index < -0.39 is 5.69 Å². The molecule has 4 rings (SSSR count). The molecule has 1 fully saturated rings. The van der Waals surface area contributed by atoms with Crippen LogP contribution in [-0.2, 0) is 11.3 Å². The molecule has 3 aromatic rings. The van der Waals surface area contributed by atoms with Gasteiger partial charge in [-0.05, 0) is 36.8 Å². The Bertz CT molecular complexity index is 1090. The maximum atomic E-state index is 12.9. The summed E-state index contributed by atoms with van der Waals surface area (Å²) in [6.07, 6.45) is 5.47. The number of hydrogen-bond donors (Lipinski definition) is 1. The van der Waals surface area contributed by atoms with Crippen molar-refractivity contribution in [1.82, 2.24) is 24.4 Å². The molecule has 0 aliphatic carbocycles. The van der Waals surface area contributed by atoms with Crippen LogP contribution in [0.2, 0.25) is 0 Å². The predicted molar refractivity (Wildman–Crippen MR) is 105 cm³/mol. The van der Waals surface area contributed by atoms with E-state index in [1.807, 2.05) is 16.8 Å². The standard InChI is InChI=1S/C19H19N5O3S/c25-16-10-14(13-5-9-28-12-13)21-18(22-16)15-4-1-2-8-24(15)17(26)11-23-7-3-6-20-19(23)27/h3,5-7,9-10,12,15H,1-2,4,8,11H2,(H,21,22,25)/t15-/m0/s1. The minimum atomic E-state index is -0.463. The van der Waals surface area contributed by atoms with Gasteiger partial charge in [0, 0.05) is 35.9 Å². The molecule has 0 saturated carbocycles. The molecule has 0 unspecified atom stereocenters. The van der Waals surface area contributed by atoms with Gasteiger partial charge in [0.05, 0.1) is 11.7 Å². The van der Waals surface area contributed by atoms with Gasteiger partial charge >= 0.3 is 5.69 Å². The second-order valence-electron chi connectivity index (χ2n) is 6.66. The van der Waals surface area contributed by atoms with Gasteiger partial charge in [-0.15, -0.1) is 0 Å². The molecule has 9 heteroatoms. The summed E-state index contributed by atoms with van der Waals surface area (Å²) in [4.78, 5) is 49.8. The normalized spacial score (nSPS) is 16.9. The summed E-state index contributed by atoms with van der Waals surface area (Å²) in [6, 6.07) is 4.68. The summed E-state index contributed by atoms with van der Waals surface area (Å²) in [6.45, 7) is 0.475. The number of rotatable bonds is 4. The molecule has 1 aliphatic rings. The van der Waals surface area contributed by atoms with Crippen LogP contribution in [0.4, 0.5) is 0 Å². The van der Waals surface area contributed by atoms with Gasteiger partial charge in [-0.25, -0.2) is 14.8 Å². The highest BCUT2D eigenvalue weighted by Crippen LogP contribution is 2.30. The van der Waals surface area contributed by atoms with E-state index in [1.54, 1.807) is 17.2 Å². The number of nitrogens with one attached hydrogen (secondary N) is 1. The Hall–Kier alpha value is -3.07. The van der Waals surface area contributed by atoms with Crippen molar-refractivity contribution in [3.8, 4) is 11.3 Å². The number of thiophene rings is 1. The Morgan fingerprint density at radius 2 is 2.21 bits per heavy atom. The lowest BCUT2D eigenvalue weighted by Crippen LogP contribution is -2.42. The zero-order valence-corrected chi connectivity index (χ0v) is 15.9. The number of amides is 1. The first kappa shape index (κ1) is 18.3. The number of carbonyl (C=O) groups excluding carboxylic acids is 1. The SMILES string of the molecule is O=C(Cn1cccnc1=O)N1CCCC[C@H]1c1nc(-c2ccsc2)cc(=O)[nH]1. The number of piperidine rings is 1. The Morgan fingerprint density at radius 1 is 1.32 bits per heavy atom. The Balaban J connectivity index is 1.64. The second-order valence-corrected chi connectivity index (χ2v) is 7.44. The van der Waals surface area contributed by atoms with Gasteiger partial charge in [-0.3, -0.25) is 14.2 Å². The van der Waals surface area contributed by atoms with Gasteiger partial charge in [0.1, 0.15) is 12.4 Å². The first-order chi connectivity index (χ1) is 13.6.